The van der Waals surface area contributed by atoms with Crippen LogP contribution in [0, 0.1) is 0 Å². The summed E-state index contributed by atoms with van der Waals surface area (Å²) >= 11 is 0. The molecule has 1 aromatic heterocycles. The van der Waals surface area contributed by atoms with Crippen LogP contribution in [0.4, 0.5) is 5.82 Å². The molecule has 1 aromatic rings. The van der Waals surface area contributed by atoms with Crippen molar-refractivity contribution in [2.24, 2.45) is 0 Å². The molecule has 66 valence electrons. The van der Waals surface area contributed by atoms with Crippen molar-refractivity contribution in [1.29, 1.82) is 0 Å². The average molecular weight is 176 g/mol. The molecule has 0 spiro atoms. The molecular weight excluding hydrogens is 168 g/mol. The summed E-state index contributed by atoms with van der Waals surface area (Å²) in [4.78, 5) is 27.8. The van der Waals surface area contributed by atoms with Crippen LogP contribution < -0.4 is 4.90 Å². The predicted octanol–water partition coefficient (Wildman–Crippen LogP) is 0.631. The molecule has 0 saturated carbocycles. The molecule has 0 atom stereocenters. The zero-order chi connectivity index (χ0) is 9.42. The second kappa shape index (κ2) is 2.65. The Morgan fingerprint density at radius 2 is 2.38 bits per heavy atom. The first kappa shape index (κ1) is 7.91. The number of anilines is 1. The van der Waals surface area contributed by atoms with Gasteiger partial charge in [-0.1, -0.05) is 0 Å². The Labute approximate surface area is 75.2 Å². The molecule has 0 radical (unpaired) electrons. The van der Waals surface area contributed by atoms with Crippen LogP contribution in [0.15, 0.2) is 18.3 Å². The molecule has 4 heteroatoms. The second-order valence-corrected chi connectivity index (χ2v) is 2.90. The highest BCUT2D eigenvalue weighted by Crippen LogP contribution is 2.24. The van der Waals surface area contributed by atoms with Gasteiger partial charge in [-0.15, -0.1) is 0 Å². The Balaban J connectivity index is 2.53. The largest absolute Gasteiger partial charge is 0.292 e. The number of Topliss-reactive ketones (excluding diaryl/α,β-unsaturated/α-hetero) is 1. The fraction of sp³-hybridized carbons (Fsp3) is 0.222. The molecule has 4 nitrogen and oxygen atoms in total. The van der Waals surface area contributed by atoms with Crippen LogP contribution in [0.25, 0.3) is 0 Å². The Kier molecular flexibility index (Phi) is 1.62. The Bertz CT molecular complexity index is 387. The molecular formula is C9H8N2O2. The maximum absolute atomic E-state index is 11.3. The van der Waals surface area contributed by atoms with Crippen molar-refractivity contribution in [3.63, 3.8) is 0 Å². The van der Waals surface area contributed by atoms with Crippen molar-refractivity contribution in [3.05, 3.63) is 23.9 Å². The second-order valence-electron chi connectivity index (χ2n) is 2.90. The van der Waals surface area contributed by atoms with E-state index in [0.717, 1.165) is 0 Å². The van der Waals surface area contributed by atoms with Gasteiger partial charge in [0.1, 0.15) is 5.82 Å². The zero-order valence-corrected chi connectivity index (χ0v) is 7.15. The van der Waals surface area contributed by atoms with E-state index in [1.165, 1.54) is 11.8 Å². The molecule has 0 bridgehead atoms. The zero-order valence-electron chi connectivity index (χ0n) is 7.15. The highest BCUT2D eigenvalue weighted by molar-refractivity contribution is 6.14. The van der Waals surface area contributed by atoms with Crippen LogP contribution in [-0.2, 0) is 4.79 Å². The van der Waals surface area contributed by atoms with Crippen LogP contribution in [-0.4, -0.2) is 23.2 Å². The number of carbonyl (C=O) groups is 2. The number of rotatable bonds is 0. The van der Waals surface area contributed by atoms with Gasteiger partial charge >= 0.3 is 0 Å². The molecule has 0 aromatic carbocycles. The summed E-state index contributed by atoms with van der Waals surface area (Å²) in [6, 6.07) is 3.38. The number of fused-ring (bicyclic) bond motifs is 1. The van der Waals surface area contributed by atoms with E-state index in [2.05, 4.69) is 4.98 Å². The minimum atomic E-state index is -0.147. The van der Waals surface area contributed by atoms with Gasteiger partial charge in [-0.2, -0.15) is 0 Å². The summed E-state index contributed by atoms with van der Waals surface area (Å²) in [5, 5.41) is 0. The number of hydrogen-bond donors (Lipinski definition) is 0. The van der Waals surface area contributed by atoms with Gasteiger partial charge < -0.3 is 0 Å². The Morgan fingerprint density at radius 1 is 1.62 bits per heavy atom. The predicted molar refractivity (Wildman–Crippen MR) is 46.6 cm³/mol. The van der Waals surface area contributed by atoms with E-state index in [1.807, 2.05) is 0 Å². The number of pyridine rings is 1. The number of nitrogens with zero attached hydrogens (tertiary/aromatic N) is 2. The molecule has 0 saturated heterocycles. The van der Waals surface area contributed by atoms with Crippen molar-refractivity contribution in [2.45, 2.75) is 6.92 Å². The summed E-state index contributed by atoms with van der Waals surface area (Å²) in [5.74, 6) is 0.295. The monoisotopic (exact) mass is 176 g/mol. The van der Waals surface area contributed by atoms with Gasteiger partial charge in [0.2, 0.25) is 5.91 Å². The molecule has 13 heavy (non-hydrogen) atoms. The molecule has 2 rings (SSSR count). The summed E-state index contributed by atoms with van der Waals surface area (Å²) in [6.07, 6.45) is 1.58. The first-order valence-corrected chi connectivity index (χ1v) is 3.96. The maximum Gasteiger partial charge on any atom is 0.225 e. The van der Waals surface area contributed by atoms with Gasteiger partial charge in [0.25, 0.3) is 0 Å². The number of hydrogen-bond acceptors (Lipinski definition) is 3. The fourth-order valence-corrected chi connectivity index (χ4v) is 1.39. The Morgan fingerprint density at radius 3 is 3.08 bits per heavy atom. The van der Waals surface area contributed by atoms with Gasteiger partial charge in [-0.3, -0.25) is 14.5 Å². The van der Waals surface area contributed by atoms with Crippen molar-refractivity contribution in [1.82, 2.24) is 4.98 Å². The standard InChI is InChI=1S/C9H8N2O2/c1-6(12)11-5-8(13)7-3-2-4-10-9(7)11/h2-4H,5H2,1H3. The van der Waals surface area contributed by atoms with Crippen LogP contribution >= 0.6 is 0 Å². The van der Waals surface area contributed by atoms with E-state index in [4.69, 9.17) is 0 Å². The molecule has 1 amide bonds. The van der Waals surface area contributed by atoms with E-state index >= 15 is 0 Å². The number of carbonyl (C=O) groups excluding carboxylic acids is 2. The highest BCUT2D eigenvalue weighted by atomic mass is 16.2. The number of amides is 1. The normalized spacial score (nSPS) is 14.5. The van der Waals surface area contributed by atoms with Crippen LogP contribution in [0.3, 0.4) is 0 Å². The third-order valence-corrected chi connectivity index (χ3v) is 2.02. The van der Waals surface area contributed by atoms with Gasteiger partial charge in [-0.25, -0.2) is 4.98 Å². The van der Waals surface area contributed by atoms with Gasteiger partial charge in [0.15, 0.2) is 5.78 Å². The molecule has 1 aliphatic heterocycles. The van der Waals surface area contributed by atoms with E-state index in [0.29, 0.717) is 11.4 Å². The first-order valence-electron chi connectivity index (χ1n) is 3.96. The SMILES string of the molecule is CC(=O)N1CC(=O)c2cccnc21. The molecule has 0 N–H and O–H groups in total. The summed E-state index contributed by atoms with van der Waals surface area (Å²) in [5.41, 5.74) is 0.540. The van der Waals surface area contributed by atoms with Gasteiger partial charge in [0, 0.05) is 13.1 Å². The van der Waals surface area contributed by atoms with Crippen LogP contribution in [0.1, 0.15) is 17.3 Å². The van der Waals surface area contributed by atoms with E-state index < -0.39 is 0 Å². The van der Waals surface area contributed by atoms with Gasteiger partial charge in [-0.05, 0) is 12.1 Å². The van der Waals surface area contributed by atoms with Gasteiger partial charge in [0.05, 0.1) is 12.1 Å². The van der Waals surface area contributed by atoms with Crippen molar-refractivity contribution in [2.75, 3.05) is 11.4 Å². The minimum absolute atomic E-state index is 0.0432. The lowest BCUT2D eigenvalue weighted by molar-refractivity contribution is -0.116. The minimum Gasteiger partial charge on any atom is -0.292 e. The molecule has 0 unspecified atom stereocenters. The molecule has 0 fully saturated rings. The van der Waals surface area contributed by atoms with Crippen molar-refractivity contribution >= 4 is 17.5 Å². The molecule has 0 aliphatic carbocycles. The third kappa shape index (κ3) is 1.11. The molecule has 2 heterocycles. The summed E-state index contributed by atoms with van der Waals surface area (Å²) in [6.45, 7) is 1.55. The Hall–Kier alpha value is -1.71. The summed E-state index contributed by atoms with van der Waals surface area (Å²) in [7, 11) is 0. The highest BCUT2D eigenvalue weighted by Gasteiger charge is 2.29. The third-order valence-electron chi connectivity index (χ3n) is 2.02. The quantitative estimate of drug-likeness (QED) is 0.582. The smallest absolute Gasteiger partial charge is 0.225 e. The summed E-state index contributed by atoms with van der Waals surface area (Å²) < 4.78 is 0. The fourth-order valence-electron chi connectivity index (χ4n) is 1.39. The van der Waals surface area contributed by atoms with E-state index in [-0.39, 0.29) is 18.2 Å². The molecule has 1 aliphatic rings. The van der Waals surface area contributed by atoms with Crippen molar-refractivity contribution in [3.8, 4) is 0 Å². The number of aromatic nitrogens is 1. The maximum atomic E-state index is 11.3. The topological polar surface area (TPSA) is 50.3 Å². The lowest BCUT2D eigenvalue weighted by Crippen LogP contribution is -2.28. The average Bonchev–Trinajstić information content (AvgIpc) is 2.45. The first-order chi connectivity index (χ1) is 6.20. The lowest BCUT2D eigenvalue weighted by Gasteiger charge is -2.11. The van der Waals surface area contributed by atoms with Crippen molar-refractivity contribution < 1.29 is 9.59 Å². The number of ketones is 1. The van der Waals surface area contributed by atoms with E-state index in [1.54, 1.807) is 18.3 Å². The van der Waals surface area contributed by atoms with Crippen LogP contribution in [0.2, 0.25) is 0 Å². The lowest BCUT2D eigenvalue weighted by atomic mass is 10.2. The van der Waals surface area contributed by atoms with E-state index in [9.17, 15) is 9.59 Å². The van der Waals surface area contributed by atoms with Crippen LogP contribution in [0.5, 0.6) is 0 Å².